The molecule has 1 amide bonds. The largest absolute Gasteiger partial charge is 0.341 e. The predicted molar refractivity (Wildman–Crippen MR) is 73.3 cm³/mol. The fraction of sp³-hybridized carbons (Fsp3) is 0.533. The van der Waals surface area contributed by atoms with Crippen molar-refractivity contribution >= 4 is 5.91 Å². The highest BCUT2D eigenvalue weighted by molar-refractivity contribution is 5.79. The molecule has 1 N–H and O–H groups in total. The van der Waals surface area contributed by atoms with E-state index in [9.17, 15) is 13.6 Å². The third-order valence-corrected chi connectivity index (χ3v) is 3.73. The normalized spacial score (nSPS) is 18.2. The van der Waals surface area contributed by atoms with E-state index in [-0.39, 0.29) is 17.9 Å². The van der Waals surface area contributed by atoms with E-state index in [1.807, 2.05) is 6.92 Å². The number of rotatable bonds is 5. The molecule has 3 nitrogen and oxygen atoms in total. The monoisotopic (exact) mass is 282 g/mol. The van der Waals surface area contributed by atoms with Gasteiger partial charge < -0.3 is 10.2 Å². The first-order valence-corrected chi connectivity index (χ1v) is 7.06. The Morgan fingerprint density at radius 3 is 2.65 bits per heavy atom. The molecule has 0 radical (unpaired) electrons. The van der Waals surface area contributed by atoms with Crippen LogP contribution in [0.4, 0.5) is 8.78 Å². The van der Waals surface area contributed by atoms with Crippen LogP contribution in [0.15, 0.2) is 18.2 Å². The Labute approximate surface area is 118 Å². The van der Waals surface area contributed by atoms with Crippen LogP contribution in [0.1, 0.15) is 25.3 Å². The highest BCUT2D eigenvalue weighted by Crippen LogP contribution is 2.14. The Hall–Kier alpha value is -1.49. The minimum absolute atomic E-state index is 0.143. The molecule has 20 heavy (non-hydrogen) atoms. The number of nitrogens with zero attached hydrogens (tertiary/aromatic N) is 1. The Bertz CT molecular complexity index is 453. The summed E-state index contributed by atoms with van der Waals surface area (Å²) in [5.74, 6) is -1.55. The van der Waals surface area contributed by atoms with Crippen molar-refractivity contribution in [2.24, 2.45) is 0 Å². The Morgan fingerprint density at radius 2 is 2.10 bits per heavy atom. The van der Waals surface area contributed by atoms with E-state index >= 15 is 0 Å². The topological polar surface area (TPSA) is 32.3 Å². The highest BCUT2D eigenvalue weighted by Gasteiger charge is 2.22. The Balaban J connectivity index is 2.01. The molecular formula is C15H20F2N2O. The van der Waals surface area contributed by atoms with Gasteiger partial charge in [-0.15, -0.1) is 0 Å². The third-order valence-electron chi connectivity index (χ3n) is 3.73. The number of carbonyl (C=O) groups excluding carboxylic acids is 1. The van der Waals surface area contributed by atoms with Gasteiger partial charge in [0.05, 0.1) is 6.42 Å². The number of amides is 1. The van der Waals surface area contributed by atoms with Crippen molar-refractivity contribution in [1.29, 1.82) is 0 Å². The lowest BCUT2D eigenvalue weighted by Crippen LogP contribution is -2.41. The molecule has 1 heterocycles. The zero-order valence-corrected chi connectivity index (χ0v) is 11.7. The second kappa shape index (κ2) is 6.79. The van der Waals surface area contributed by atoms with E-state index in [2.05, 4.69) is 5.32 Å². The van der Waals surface area contributed by atoms with Crippen LogP contribution in [0.25, 0.3) is 0 Å². The molecule has 2 rings (SSSR count). The average Bonchev–Trinajstić information content (AvgIpc) is 2.93. The first-order valence-electron chi connectivity index (χ1n) is 7.06. The van der Waals surface area contributed by atoms with Gasteiger partial charge in [-0.2, -0.15) is 0 Å². The van der Waals surface area contributed by atoms with Crippen LogP contribution in [-0.2, 0) is 11.2 Å². The van der Waals surface area contributed by atoms with Crippen molar-refractivity contribution in [1.82, 2.24) is 10.2 Å². The minimum Gasteiger partial charge on any atom is -0.341 e. The van der Waals surface area contributed by atoms with Gasteiger partial charge in [-0.25, -0.2) is 8.78 Å². The first kappa shape index (κ1) is 14.9. The molecule has 0 aromatic heterocycles. The summed E-state index contributed by atoms with van der Waals surface area (Å²) in [6, 6.07) is 3.96. The number of carbonyl (C=O) groups is 1. The van der Waals surface area contributed by atoms with Crippen LogP contribution in [0.3, 0.4) is 0 Å². The van der Waals surface area contributed by atoms with Gasteiger partial charge in [-0.1, -0.05) is 6.07 Å². The van der Waals surface area contributed by atoms with Gasteiger partial charge in [0.15, 0.2) is 0 Å². The quantitative estimate of drug-likeness (QED) is 0.897. The average molecular weight is 282 g/mol. The fourth-order valence-corrected chi connectivity index (χ4v) is 2.55. The summed E-state index contributed by atoms with van der Waals surface area (Å²) in [6.45, 7) is 4.00. The van der Waals surface area contributed by atoms with E-state index in [1.54, 1.807) is 4.90 Å². The summed E-state index contributed by atoms with van der Waals surface area (Å²) in [4.78, 5) is 13.9. The zero-order chi connectivity index (χ0) is 14.5. The summed E-state index contributed by atoms with van der Waals surface area (Å²) in [7, 11) is 0. The highest BCUT2D eigenvalue weighted by atomic mass is 19.1. The van der Waals surface area contributed by atoms with E-state index in [0.717, 1.165) is 19.4 Å². The standard InChI is InChI=1S/C15H20F2N2O/c1-2-19(10-11-5-4-8-18-11)15(20)9-12-13(16)6-3-7-14(12)17/h3,6-7,11,18H,2,4-5,8-10H2,1H3. The molecule has 1 aromatic rings. The molecule has 0 saturated carbocycles. The lowest BCUT2D eigenvalue weighted by atomic mass is 10.1. The zero-order valence-electron chi connectivity index (χ0n) is 11.7. The van der Waals surface area contributed by atoms with Crippen LogP contribution >= 0.6 is 0 Å². The smallest absolute Gasteiger partial charge is 0.227 e. The van der Waals surface area contributed by atoms with Gasteiger partial charge >= 0.3 is 0 Å². The van der Waals surface area contributed by atoms with Gasteiger partial charge in [0, 0.05) is 24.7 Å². The molecule has 1 saturated heterocycles. The molecular weight excluding hydrogens is 262 g/mol. The lowest BCUT2D eigenvalue weighted by molar-refractivity contribution is -0.130. The number of hydrogen-bond donors (Lipinski definition) is 1. The van der Waals surface area contributed by atoms with E-state index < -0.39 is 11.6 Å². The summed E-state index contributed by atoms with van der Waals surface area (Å²) < 4.78 is 27.1. The number of nitrogens with one attached hydrogen (secondary N) is 1. The molecule has 1 aliphatic heterocycles. The van der Waals surface area contributed by atoms with E-state index in [0.29, 0.717) is 19.1 Å². The second-order valence-corrected chi connectivity index (χ2v) is 5.10. The van der Waals surface area contributed by atoms with Gasteiger partial charge in [-0.05, 0) is 38.4 Å². The Morgan fingerprint density at radius 1 is 1.40 bits per heavy atom. The number of hydrogen-bond acceptors (Lipinski definition) is 2. The van der Waals surface area contributed by atoms with E-state index in [4.69, 9.17) is 0 Å². The van der Waals surface area contributed by atoms with Crippen LogP contribution in [0, 0.1) is 11.6 Å². The molecule has 1 atom stereocenters. The van der Waals surface area contributed by atoms with Crippen molar-refractivity contribution in [2.75, 3.05) is 19.6 Å². The predicted octanol–water partition coefficient (Wildman–Crippen LogP) is 2.11. The van der Waals surface area contributed by atoms with Crippen LogP contribution in [0.2, 0.25) is 0 Å². The third kappa shape index (κ3) is 3.54. The van der Waals surface area contributed by atoms with Crippen molar-refractivity contribution < 1.29 is 13.6 Å². The maximum Gasteiger partial charge on any atom is 0.227 e. The van der Waals surface area contributed by atoms with Crippen LogP contribution in [-0.4, -0.2) is 36.5 Å². The van der Waals surface area contributed by atoms with Crippen molar-refractivity contribution in [2.45, 2.75) is 32.2 Å². The molecule has 0 bridgehead atoms. The van der Waals surface area contributed by atoms with Gasteiger partial charge in [0.1, 0.15) is 11.6 Å². The molecule has 1 unspecified atom stereocenters. The van der Waals surface area contributed by atoms with Crippen LogP contribution < -0.4 is 5.32 Å². The maximum absolute atomic E-state index is 13.6. The molecule has 1 aliphatic rings. The minimum atomic E-state index is -0.659. The van der Waals surface area contributed by atoms with Crippen molar-refractivity contribution in [3.05, 3.63) is 35.4 Å². The summed E-state index contributed by atoms with van der Waals surface area (Å²) in [5.41, 5.74) is -0.143. The van der Waals surface area contributed by atoms with Crippen LogP contribution in [0.5, 0.6) is 0 Å². The second-order valence-electron chi connectivity index (χ2n) is 5.10. The first-order chi connectivity index (χ1) is 9.61. The number of likely N-dealkylation sites (N-methyl/N-ethyl adjacent to an activating group) is 1. The molecule has 0 spiro atoms. The van der Waals surface area contributed by atoms with Crippen molar-refractivity contribution in [3.63, 3.8) is 0 Å². The van der Waals surface area contributed by atoms with Gasteiger partial charge in [-0.3, -0.25) is 4.79 Å². The SMILES string of the molecule is CCN(CC1CCCN1)C(=O)Cc1c(F)cccc1F. The fourth-order valence-electron chi connectivity index (χ4n) is 2.55. The van der Waals surface area contributed by atoms with Gasteiger partial charge in [0.2, 0.25) is 5.91 Å². The molecule has 110 valence electrons. The van der Waals surface area contributed by atoms with Gasteiger partial charge in [0.25, 0.3) is 0 Å². The summed E-state index contributed by atoms with van der Waals surface area (Å²) >= 11 is 0. The molecule has 5 heteroatoms. The van der Waals surface area contributed by atoms with Crippen molar-refractivity contribution in [3.8, 4) is 0 Å². The Kier molecular flexibility index (Phi) is 5.06. The van der Waals surface area contributed by atoms with E-state index in [1.165, 1.54) is 18.2 Å². The maximum atomic E-state index is 13.6. The molecule has 1 aromatic carbocycles. The summed E-state index contributed by atoms with van der Waals surface area (Å²) in [5, 5.41) is 3.32. The summed E-state index contributed by atoms with van der Waals surface area (Å²) in [6.07, 6.45) is 1.93. The lowest BCUT2D eigenvalue weighted by Gasteiger charge is -2.24. The number of halogens is 2. The molecule has 0 aliphatic carbocycles. The molecule has 1 fully saturated rings. The number of benzene rings is 1.